The van der Waals surface area contributed by atoms with Crippen LogP contribution in [0, 0.1) is 5.41 Å². The Morgan fingerprint density at radius 3 is 2.42 bits per heavy atom. The SMILES string of the molecule is CN(C(=O)NC1CCCC1)c1ccc(C(=N)N)cc1. The predicted molar refractivity (Wildman–Crippen MR) is 76.6 cm³/mol. The molecule has 19 heavy (non-hydrogen) atoms. The first-order valence-electron chi connectivity index (χ1n) is 6.56. The Morgan fingerprint density at radius 1 is 1.32 bits per heavy atom. The number of anilines is 1. The van der Waals surface area contributed by atoms with Gasteiger partial charge in [0.25, 0.3) is 0 Å². The Kier molecular flexibility index (Phi) is 4.04. The lowest BCUT2D eigenvalue weighted by atomic mass is 10.2. The lowest BCUT2D eigenvalue weighted by molar-refractivity contribution is 0.244. The maximum absolute atomic E-state index is 12.1. The summed E-state index contributed by atoms with van der Waals surface area (Å²) >= 11 is 0. The molecule has 2 rings (SSSR count). The van der Waals surface area contributed by atoms with Crippen molar-refractivity contribution in [2.24, 2.45) is 5.73 Å². The lowest BCUT2D eigenvalue weighted by Gasteiger charge is -2.21. The zero-order valence-electron chi connectivity index (χ0n) is 11.1. The normalized spacial score (nSPS) is 15.2. The fourth-order valence-electron chi connectivity index (χ4n) is 2.32. The molecule has 0 aromatic heterocycles. The zero-order chi connectivity index (χ0) is 13.8. The molecule has 0 aliphatic heterocycles. The van der Waals surface area contributed by atoms with E-state index in [0.29, 0.717) is 11.6 Å². The summed E-state index contributed by atoms with van der Waals surface area (Å²) in [6.45, 7) is 0. The van der Waals surface area contributed by atoms with Crippen LogP contribution < -0.4 is 16.0 Å². The molecule has 1 aromatic carbocycles. The van der Waals surface area contributed by atoms with Crippen LogP contribution in [0.5, 0.6) is 0 Å². The summed E-state index contributed by atoms with van der Waals surface area (Å²) in [4.78, 5) is 13.7. The second-order valence-electron chi connectivity index (χ2n) is 4.95. The highest BCUT2D eigenvalue weighted by molar-refractivity contribution is 5.96. The molecule has 5 heteroatoms. The van der Waals surface area contributed by atoms with Gasteiger partial charge in [0, 0.05) is 24.3 Å². The van der Waals surface area contributed by atoms with Gasteiger partial charge in [-0.1, -0.05) is 12.8 Å². The molecule has 5 nitrogen and oxygen atoms in total. The maximum atomic E-state index is 12.1. The zero-order valence-corrected chi connectivity index (χ0v) is 11.1. The Hall–Kier alpha value is -2.04. The van der Waals surface area contributed by atoms with Crippen LogP contribution in [-0.4, -0.2) is 25.0 Å². The van der Waals surface area contributed by atoms with E-state index in [0.717, 1.165) is 18.5 Å². The molecular weight excluding hydrogens is 240 g/mol. The second-order valence-corrected chi connectivity index (χ2v) is 4.95. The number of nitrogen functional groups attached to an aromatic ring is 1. The Labute approximate surface area is 113 Å². The molecule has 0 heterocycles. The quantitative estimate of drug-likeness (QED) is 0.574. The van der Waals surface area contributed by atoms with Crippen molar-refractivity contribution in [3.63, 3.8) is 0 Å². The second kappa shape index (κ2) is 5.73. The summed E-state index contributed by atoms with van der Waals surface area (Å²) in [6, 6.07) is 7.32. The number of nitrogens with two attached hydrogens (primary N) is 1. The van der Waals surface area contributed by atoms with E-state index >= 15 is 0 Å². The average Bonchev–Trinajstić information content (AvgIpc) is 2.90. The van der Waals surface area contributed by atoms with Crippen molar-refractivity contribution in [3.8, 4) is 0 Å². The Balaban J connectivity index is 1.99. The molecule has 2 amide bonds. The first-order valence-corrected chi connectivity index (χ1v) is 6.56. The minimum absolute atomic E-state index is 0.0320. The van der Waals surface area contributed by atoms with Crippen LogP contribution in [0.1, 0.15) is 31.2 Å². The molecule has 1 aliphatic rings. The number of urea groups is 1. The largest absolute Gasteiger partial charge is 0.384 e. The fourth-order valence-corrected chi connectivity index (χ4v) is 2.32. The molecular formula is C14H20N4O. The molecule has 0 atom stereocenters. The fraction of sp³-hybridized carbons (Fsp3) is 0.429. The molecule has 1 aromatic rings. The van der Waals surface area contributed by atoms with E-state index < -0.39 is 0 Å². The van der Waals surface area contributed by atoms with Crippen LogP contribution in [0.4, 0.5) is 10.5 Å². The third-order valence-corrected chi connectivity index (χ3v) is 3.55. The van der Waals surface area contributed by atoms with Gasteiger partial charge in [-0.05, 0) is 37.1 Å². The highest BCUT2D eigenvalue weighted by atomic mass is 16.2. The van der Waals surface area contributed by atoms with Crippen LogP contribution in [-0.2, 0) is 0 Å². The standard InChI is InChI=1S/C14H20N4O/c1-18(14(19)17-11-4-2-3-5-11)12-8-6-10(7-9-12)13(15)16/h6-9,11H,2-5H2,1H3,(H3,15,16)(H,17,19). The third kappa shape index (κ3) is 3.24. The van der Waals surface area contributed by atoms with Crippen molar-refractivity contribution in [3.05, 3.63) is 29.8 Å². The summed E-state index contributed by atoms with van der Waals surface area (Å²) in [6.07, 6.45) is 4.54. The topological polar surface area (TPSA) is 82.2 Å². The number of nitrogens with zero attached hydrogens (tertiary/aromatic N) is 1. The summed E-state index contributed by atoms with van der Waals surface area (Å²) in [5.41, 5.74) is 6.85. The van der Waals surface area contributed by atoms with Gasteiger partial charge in [-0.3, -0.25) is 10.3 Å². The van der Waals surface area contributed by atoms with Crippen LogP contribution in [0.25, 0.3) is 0 Å². The first-order chi connectivity index (χ1) is 9.08. The van der Waals surface area contributed by atoms with Crippen LogP contribution in [0.15, 0.2) is 24.3 Å². The van der Waals surface area contributed by atoms with Gasteiger partial charge < -0.3 is 11.1 Å². The van der Waals surface area contributed by atoms with Crippen LogP contribution in [0.3, 0.4) is 0 Å². The predicted octanol–water partition coefficient (Wildman–Crippen LogP) is 2.06. The van der Waals surface area contributed by atoms with E-state index in [2.05, 4.69) is 5.32 Å². The smallest absolute Gasteiger partial charge is 0.321 e. The van der Waals surface area contributed by atoms with E-state index in [4.69, 9.17) is 11.1 Å². The van der Waals surface area contributed by atoms with Gasteiger partial charge in [-0.25, -0.2) is 4.79 Å². The number of rotatable bonds is 3. The summed E-state index contributed by atoms with van der Waals surface area (Å²) in [5.74, 6) is 0.0320. The molecule has 0 saturated heterocycles. The molecule has 1 saturated carbocycles. The monoisotopic (exact) mass is 260 g/mol. The van der Waals surface area contributed by atoms with Crippen molar-refractivity contribution in [1.29, 1.82) is 5.41 Å². The molecule has 1 fully saturated rings. The van der Waals surface area contributed by atoms with Crippen LogP contribution in [0.2, 0.25) is 0 Å². The number of hydrogen-bond acceptors (Lipinski definition) is 2. The van der Waals surface area contributed by atoms with Gasteiger partial charge >= 0.3 is 6.03 Å². The number of amides is 2. The van der Waals surface area contributed by atoms with Crippen LogP contribution >= 0.6 is 0 Å². The van der Waals surface area contributed by atoms with Gasteiger partial charge in [0.05, 0.1) is 0 Å². The van der Waals surface area contributed by atoms with E-state index in [1.165, 1.54) is 12.8 Å². The Bertz CT molecular complexity index is 463. The number of carbonyl (C=O) groups excluding carboxylic acids is 1. The maximum Gasteiger partial charge on any atom is 0.321 e. The van der Waals surface area contributed by atoms with E-state index in [1.54, 1.807) is 36.2 Å². The van der Waals surface area contributed by atoms with Crippen molar-refractivity contribution >= 4 is 17.6 Å². The van der Waals surface area contributed by atoms with E-state index in [1.807, 2.05) is 0 Å². The molecule has 4 N–H and O–H groups in total. The summed E-state index contributed by atoms with van der Waals surface area (Å²) in [7, 11) is 1.74. The van der Waals surface area contributed by atoms with Crippen molar-refractivity contribution in [1.82, 2.24) is 5.32 Å². The number of carbonyl (C=O) groups is 1. The number of nitrogens with one attached hydrogen (secondary N) is 2. The molecule has 0 bridgehead atoms. The number of benzene rings is 1. The number of amidine groups is 1. The highest BCUT2D eigenvalue weighted by Crippen LogP contribution is 2.19. The molecule has 0 unspecified atom stereocenters. The lowest BCUT2D eigenvalue weighted by Crippen LogP contribution is -2.42. The minimum atomic E-state index is -0.0810. The number of hydrogen-bond donors (Lipinski definition) is 3. The van der Waals surface area contributed by atoms with Gasteiger partial charge in [0.15, 0.2) is 0 Å². The molecule has 102 valence electrons. The van der Waals surface area contributed by atoms with E-state index in [-0.39, 0.29) is 11.9 Å². The van der Waals surface area contributed by atoms with Gasteiger partial charge in [-0.2, -0.15) is 0 Å². The van der Waals surface area contributed by atoms with Gasteiger partial charge in [0.1, 0.15) is 5.84 Å². The van der Waals surface area contributed by atoms with E-state index in [9.17, 15) is 4.79 Å². The third-order valence-electron chi connectivity index (χ3n) is 3.55. The molecule has 0 spiro atoms. The Morgan fingerprint density at radius 2 is 1.89 bits per heavy atom. The molecule has 0 radical (unpaired) electrons. The van der Waals surface area contributed by atoms with Gasteiger partial charge in [0.2, 0.25) is 0 Å². The summed E-state index contributed by atoms with van der Waals surface area (Å²) < 4.78 is 0. The van der Waals surface area contributed by atoms with Crippen molar-refractivity contribution < 1.29 is 4.79 Å². The average molecular weight is 260 g/mol. The van der Waals surface area contributed by atoms with Crippen molar-refractivity contribution in [2.75, 3.05) is 11.9 Å². The summed E-state index contributed by atoms with van der Waals surface area (Å²) in [5, 5.41) is 10.4. The molecule has 1 aliphatic carbocycles. The first kappa shape index (κ1) is 13.4. The van der Waals surface area contributed by atoms with Gasteiger partial charge in [-0.15, -0.1) is 0 Å². The van der Waals surface area contributed by atoms with Crippen molar-refractivity contribution in [2.45, 2.75) is 31.7 Å². The highest BCUT2D eigenvalue weighted by Gasteiger charge is 2.19. The minimum Gasteiger partial charge on any atom is -0.384 e.